The quantitative estimate of drug-likeness (QED) is 0.620. The number of thiazole rings is 1. The molecule has 1 unspecified atom stereocenters. The van der Waals surface area contributed by atoms with Crippen molar-refractivity contribution in [3.8, 4) is 0 Å². The van der Waals surface area contributed by atoms with Gasteiger partial charge in [0.05, 0.1) is 5.01 Å². The lowest BCUT2D eigenvalue weighted by Crippen LogP contribution is -2.45. The average Bonchev–Trinajstić information content (AvgIpc) is 3.11. The maximum atomic E-state index is 4.38. The summed E-state index contributed by atoms with van der Waals surface area (Å²) in [5.41, 5.74) is 0. The van der Waals surface area contributed by atoms with Gasteiger partial charge in [0.2, 0.25) is 0 Å². The Hall–Kier alpha value is -1.14. The molecule has 1 aliphatic rings. The summed E-state index contributed by atoms with van der Waals surface area (Å²) >= 11 is 1.77. The summed E-state index contributed by atoms with van der Waals surface area (Å²) in [7, 11) is 1.83. The molecule has 0 aliphatic carbocycles. The van der Waals surface area contributed by atoms with E-state index in [1.54, 1.807) is 11.3 Å². The van der Waals surface area contributed by atoms with E-state index in [-0.39, 0.29) is 0 Å². The molecule has 1 saturated heterocycles. The lowest BCUT2D eigenvalue weighted by atomic mass is 10.2. The minimum atomic E-state index is 0.648. The van der Waals surface area contributed by atoms with E-state index in [1.807, 2.05) is 13.2 Å². The van der Waals surface area contributed by atoms with Crippen molar-refractivity contribution in [1.82, 2.24) is 20.5 Å². The molecule has 1 aromatic rings. The van der Waals surface area contributed by atoms with Crippen LogP contribution in [0.1, 0.15) is 29.7 Å². The highest BCUT2D eigenvalue weighted by molar-refractivity contribution is 7.11. The van der Waals surface area contributed by atoms with Gasteiger partial charge in [-0.05, 0) is 32.9 Å². The van der Waals surface area contributed by atoms with E-state index in [0.717, 1.165) is 32.0 Å². The highest BCUT2D eigenvalue weighted by atomic mass is 32.1. The van der Waals surface area contributed by atoms with Gasteiger partial charge in [-0.25, -0.2) is 4.98 Å². The summed E-state index contributed by atoms with van der Waals surface area (Å²) in [6, 6.07) is 0.648. The second kappa shape index (κ2) is 8.34. The summed E-state index contributed by atoms with van der Waals surface area (Å²) in [5.74, 6) is 0.895. The zero-order chi connectivity index (χ0) is 15.1. The number of nitrogens with zero attached hydrogens (tertiary/aromatic N) is 3. The molecule has 6 heteroatoms. The zero-order valence-corrected chi connectivity index (χ0v) is 14.2. The fourth-order valence-electron chi connectivity index (χ4n) is 2.78. The SMILES string of the molecule is CCN1CCCC1CNC(=NC)NCCc1ncc(C)s1. The number of nitrogens with one attached hydrogen (secondary N) is 2. The Labute approximate surface area is 131 Å². The predicted molar refractivity (Wildman–Crippen MR) is 90.2 cm³/mol. The minimum absolute atomic E-state index is 0.648. The Morgan fingerprint density at radius 3 is 3.05 bits per heavy atom. The van der Waals surface area contributed by atoms with Crippen LogP contribution < -0.4 is 10.6 Å². The molecule has 2 heterocycles. The third kappa shape index (κ3) is 4.97. The van der Waals surface area contributed by atoms with Gasteiger partial charge in [-0.2, -0.15) is 0 Å². The van der Waals surface area contributed by atoms with E-state index in [4.69, 9.17) is 0 Å². The minimum Gasteiger partial charge on any atom is -0.356 e. The van der Waals surface area contributed by atoms with Crippen LogP contribution in [0.2, 0.25) is 0 Å². The lowest BCUT2D eigenvalue weighted by Gasteiger charge is -2.23. The summed E-state index contributed by atoms with van der Waals surface area (Å²) in [6.07, 6.45) is 5.49. The van der Waals surface area contributed by atoms with Crippen LogP contribution in [-0.2, 0) is 6.42 Å². The normalized spacial score (nSPS) is 20.0. The highest BCUT2D eigenvalue weighted by Crippen LogP contribution is 2.15. The fraction of sp³-hybridized carbons (Fsp3) is 0.733. The van der Waals surface area contributed by atoms with Crippen molar-refractivity contribution in [1.29, 1.82) is 0 Å². The molecular weight excluding hydrogens is 282 g/mol. The van der Waals surface area contributed by atoms with Crippen molar-refractivity contribution >= 4 is 17.3 Å². The second-order valence-corrected chi connectivity index (χ2v) is 6.74. The van der Waals surface area contributed by atoms with Gasteiger partial charge in [-0.1, -0.05) is 6.92 Å². The van der Waals surface area contributed by atoms with Crippen molar-refractivity contribution in [2.45, 2.75) is 39.2 Å². The topological polar surface area (TPSA) is 52.5 Å². The lowest BCUT2D eigenvalue weighted by molar-refractivity contribution is 0.267. The molecule has 5 nitrogen and oxygen atoms in total. The molecule has 0 radical (unpaired) electrons. The van der Waals surface area contributed by atoms with E-state index in [9.17, 15) is 0 Å². The first-order chi connectivity index (χ1) is 10.2. The van der Waals surface area contributed by atoms with Gasteiger partial charge in [0, 0.05) is 43.7 Å². The Kier molecular flexibility index (Phi) is 6.45. The number of rotatable bonds is 6. The van der Waals surface area contributed by atoms with Gasteiger partial charge in [0.25, 0.3) is 0 Å². The number of likely N-dealkylation sites (N-methyl/N-ethyl adjacent to an activating group) is 1. The van der Waals surface area contributed by atoms with Crippen LogP contribution in [0.4, 0.5) is 0 Å². The van der Waals surface area contributed by atoms with Crippen LogP contribution in [0.25, 0.3) is 0 Å². The van der Waals surface area contributed by atoms with Gasteiger partial charge in [-0.3, -0.25) is 9.89 Å². The standard InChI is InChI=1S/C15H27N5S/c1-4-20-9-5-6-13(20)11-19-15(16-3)17-8-7-14-18-10-12(2)21-14/h10,13H,4-9,11H2,1-3H3,(H2,16,17,19). The Morgan fingerprint density at radius 1 is 1.52 bits per heavy atom. The molecular formula is C15H27N5S. The van der Waals surface area contributed by atoms with Crippen LogP contribution in [0.3, 0.4) is 0 Å². The van der Waals surface area contributed by atoms with Crippen LogP contribution in [0.15, 0.2) is 11.2 Å². The molecule has 1 aromatic heterocycles. The Bertz CT molecular complexity index is 457. The number of aromatic nitrogens is 1. The second-order valence-electron chi connectivity index (χ2n) is 5.42. The fourth-order valence-corrected chi connectivity index (χ4v) is 3.57. The van der Waals surface area contributed by atoms with Gasteiger partial charge < -0.3 is 10.6 Å². The predicted octanol–water partition coefficient (Wildman–Crippen LogP) is 1.64. The third-order valence-electron chi connectivity index (χ3n) is 3.93. The van der Waals surface area contributed by atoms with E-state index in [1.165, 1.54) is 29.3 Å². The van der Waals surface area contributed by atoms with Crippen molar-refractivity contribution in [3.05, 3.63) is 16.1 Å². The van der Waals surface area contributed by atoms with Crippen molar-refractivity contribution in [2.75, 3.05) is 33.2 Å². The van der Waals surface area contributed by atoms with Gasteiger partial charge in [0.15, 0.2) is 5.96 Å². The molecule has 21 heavy (non-hydrogen) atoms. The molecule has 1 atom stereocenters. The maximum Gasteiger partial charge on any atom is 0.191 e. The number of aryl methyl sites for hydroxylation is 1. The monoisotopic (exact) mass is 309 g/mol. The van der Waals surface area contributed by atoms with E-state index in [0.29, 0.717) is 6.04 Å². The number of hydrogen-bond acceptors (Lipinski definition) is 4. The van der Waals surface area contributed by atoms with Gasteiger partial charge in [0.1, 0.15) is 0 Å². The summed E-state index contributed by atoms with van der Waals surface area (Å²) in [5, 5.41) is 8.00. The van der Waals surface area contributed by atoms with E-state index >= 15 is 0 Å². The molecule has 0 spiro atoms. The first-order valence-corrected chi connectivity index (χ1v) is 8.64. The molecule has 1 fully saturated rings. The van der Waals surface area contributed by atoms with Gasteiger partial charge in [-0.15, -0.1) is 11.3 Å². The Balaban J connectivity index is 1.68. The van der Waals surface area contributed by atoms with Crippen LogP contribution >= 0.6 is 11.3 Å². The summed E-state index contributed by atoms with van der Waals surface area (Å²) in [4.78, 5) is 12.5. The van der Waals surface area contributed by atoms with Crippen molar-refractivity contribution < 1.29 is 0 Å². The van der Waals surface area contributed by atoms with Crippen LogP contribution in [0, 0.1) is 6.92 Å². The first kappa shape index (κ1) is 16.2. The number of hydrogen-bond donors (Lipinski definition) is 2. The molecule has 2 rings (SSSR count). The maximum absolute atomic E-state index is 4.38. The van der Waals surface area contributed by atoms with E-state index in [2.05, 4.69) is 39.4 Å². The molecule has 118 valence electrons. The van der Waals surface area contributed by atoms with Crippen molar-refractivity contribution in [3.63, 3.8) is 0 Å². The molecule has 0 aromatic carbocycles. The molecule has 0 saturated carbocycles. The smallest absolute Gasteiger partial charge is 0.191 e. The first-order valence-electron chi connectivity index (χ1n) is 7.82. The zero-order valence-electron chi connectivity index (χ0n) is 13.4. The molecule has 2 N–H and O–H groups in total. The van der Waals surface area contributed by atoms with Crippen LogP contribution in [-0.4, -0.2) is 55.1 Å². The van der Waals surface area contributed by atoms with E-state index < -0.39 is 0 Å². The summed E-state index contributed by atoms with van der Waals surface area (Å²) < 4.78 is 0. The van der Waals surface area contributed by atoms with Crippen LogP contribution in [0.5, 0.6) is 0 Å². The average molecular weight is 309 g/mol. The number of guanidine groups is 1. The largest absolute Gasteiger partial charge is 0.356 e. The number of likely N-dealkylation sites (tertiary alicyclic amines) is 1. The molecule has 1 aliphatic heterocycles. The van der Waals surface area contributed by atoms with Gasteiger partial charge >= 0.3 is 0 Å². The Morgan fingerprint density at radius 2 is 2.38 bits per heavy atom. The highest BCUT2D eigenvalue weighted by Gasteiger charge is 2.22. The summed E-state index contributed by atoms with van der Waals surface area (Å²) in [6.45, 7) is 8.55. The third-order valence-corrected chi connectivity index (χ3v) is 4.91. The molecule has 0 bridgehead atoms. The molecule has 0 amide bonds. The van der Waals surface area contributed by atoms with Crippen molar-refractivity contribution in [2.24, 2.45) is 4.99 Å². The number of aliphatic imine (C=N–C) groups is 1.